The Bertz CT molecular complexity index is 829. The largest absolute Gasteiger partial charge is 0.497 e. The number of carbonyl (C=O) groups excluding carboxylic acids is 2. The predicted octanol–water partition coefficient (Wildman–Crippen LogP) is 2.76. The second-order valence-electron chi connectivity index (χ2n) is 6.43. The second kappa shape index (κ2) is 8.49. The monoisotopic (exact) mass is 365 g/mol. The van der Waals surface area contributed by atoms with E-state index >= 15 is 0 Å². The van der Waals surface area contributed by atoms with Gasteiger partial charge in [0.1, 0.15) is 5.75 Å². The number of carbonyl (C=O) groups is 2. The van der Waals surface area contributed by atoms with Gasteiger partial charge in [-0.2, -0.15) is 5.10 Å². The zero-order valence-electron chi connectivity index (χ0n) is 15.5. The number of hydrogen-bond acceptors (Lipinski definition) is 4. The summed E-state index contributed by atoms with van der Waals surface area (Å²) in [4.78, 5) is 26.2. The maximum atomic E-state index is 12.3. The Morgan fingerprint density at radius 3 is 2.56 bits per heavy atom. The first-order valence-electron chi connectivity index (χ1n) is 8.97. The number of hydrogen-bond donors (Lipinski definition) is 1. The molecule has 140 valence electrons. The fourth-order valence-electron chi connectivity index (χ4n) is 3.00. The predicted molar refractivity (Wildman–Crippen MR) is 105 cm³/mol. The van der Waals surface area contributed by atoms with E-state index in [2.05, 4.69) is 17.5 Å². The van der Waals surface area contributed by atoms with Crippen LogP contribution in [-0.4, -0.2) is 31.7 Å². The molecule has 6 heteroatoms. The molecule has 2 amide bonds. The third kappa shape index (κ3) is 4.53. The van der Waals surface area contributed by atoms with Crippen LogP contribution in [0, 0.1) is 5.92 Å². The first-order valence-corrected chi connectivity index (χ1v) is 8.97. The lowest BCUT2D eigenvalue weighted by Crippen LogP contribution is -2.30. The highest BCUT2D eigenvalue weighted by Gasteiger charge is 2.35. The maximum Gasteiger partial charge on any atom is 0.245 e. The lowest BCUT2D eigenvalue weighted by Gasteiger charge is -2.16. The highest BCUT2D eigenvalue weighted by atomic mass is 16.5. The van der Waals surface area contributed by atoms with E-state index in [4.69, 9.17) is 4.74 Å². The molecule has 0 aromatic heterocycles. The number of rotatable bonds is 6. The van der Waals surface area contributed by atoms with Crippen LogP contribution in [0.15, 0.2) is 53.6 Å². The number of hydrazone groups is 1. The van der Waals surface area contributed by atoms with Crippen molar-refractivity contribution < 1.29 is 14.3 Å². The second-order valence-corrected chi connectivity index (χ2v) is 6.43. The first-order chi connectivity index (χ1) is 13.1. The van der Waals surface area contributed by atoms with Crippen molar-refractivity contribution in [3.63, 3.8) is 0 Å². The Morgan fingerprint density at radius 1 is 1.22 bits per heavy atom. The molecule has 1 N–H and O–H groups in total. The van der Waals surface area contributed by atoms with Gasteiger partial charge in [-0.3, -0.25) is 9.59 Å². The molecule has 1 aliphatic heterocycles. The average Bonchev–Trinajstić information content (AvgIpc) is 3.10. The SMILES string of the molecule is CCc1ccc(/C=N\NC(=O)C2CC(=O)N(c3ccc(OC)cc3)C2)cc1. The molecule has 6 nitrogen and oxygen atoms in total. The minimum Gasteiger partial charge on any atom is -0.497 e. The number of benzene rings is 2. The molecule has 1 aliphatic rings. The van der Waals surface area contributed by atoms with E-state index < -0.39 is 5.92 Å². The molecule has 3 rings (SSSR count). The van der Waals surface area contributed by atoms with E-state index in [1.54, 1.807) is 30.4 Å². The summed E-state index contributed by atoms with van der Waals surface area (Å²) in [6, 6.07) is 15.2. The van der Waals surface area contributed by atoms with Crippen molar-refractivity contribution in [2.45, 2.75) is 19.8 Å². The van der Waals surface area contributed by atoms with Crippen molar-refractivity contribution in [2.24, 2.45) is 11.0 Å². The molecule has 0 aliphatic carbocycles. The number of nitrogens with zero attached hydrogens (tertiary/aromatic N) is 2. The van der Waals surface area contributed by atoms with E-state index in [1.165, 1.54) is 5.56 Å². The van der Waals surface area contributed by atoms with Crippen molar-refractivity contribution >= 4 is 23.7 Å². The number of nitrogens with one attached hydrogen (secondary N) is 1. The Labute approximate surface area is 158 Å². The zero-order chi connectivity index (χ0) is 19.2. The minimum absolute atomic E-state index is 0.0700. The molecule has 2 aromatic carbocycles. The topological polar surface area (TPSA) is 71.0 Å². The maximum absolute atomic E-state index is 12.3. The lowest BCUT2D eigenvalue weighted by atomic mass is 10.1. The van der Waals surface area contributed by atoms with Gasteiger partial charge in [0.05, 0.1) is 19.2 Å². The average molecular weight is 365 g/mol. The van der Waals surface area contributed by atoms with Crippen LogP contribution in [0.1, 0.15) is 24.5 Å². The van der Waals surface area contributed by atoms with E-state index in [9.17, 15) is 9.59 Å². The van der Waals surface area contributed by atoms with Crippen molar-refractivity contribution in [1.29, 1.82) is 0 Å². The Hall–Kier alpha value is -3.15. The molecule has 1 unspecified atom stereocenters. The summed E-state index contributed by atoms with van der Waals surface area (Å²) in [5.41, 5.74) is 5.47. The smallest absolute Gasteiger partial charge is 0.245 e. The Morgan fingerprint density at radius 2 is 1.93 bits per heavy atom. The summed E-state index contributed by atoms with van der Waals surface area (Å²) in [7, 11) is 1.59. The van der Waals surface area contributed by atoms with Crippen molar-refractivity contribution in [3.05, 3.63) is 59.7 Å². The highest BCUT2D eigenvalue weighted by molar-refractivity contribution is 6.00. The lowest BCUT2D eigenvalue weighted by molar-refractivity contribution is -0.126. The Balaban J connectivity index is 1.57. The van der Waals surface area contributed by atoms with Crippen LogP contribution < -0.4 is 15.1 Å². The summed E-state index contributed by atoms with van der Waals surface area (Å²) in [5, 5.41) is 4.02. The quantitative estimate of drug-likeness (QED) is 0.632. The molecular weight excluding hydrogens is 342 g/mol. The molecule has 1 heterocycles. The summed E-state index contributed by atoms with van der Waals surface area (Å²) in [6.07, 6.45) is 2.77. The van der Waals surface area contributed by atoms with Crippen LogP contribution in [0.2, 0.25) is 0 Å². The van der Waals surface area contributed by atoms with Crippen LogP contribution in [0.25, 0.3) is 0 Å². The van der Waals surface area contributed by atoms with E-state index in [1.807, 2.05) is 36.4 Å². The third-order valence-electron chi connectivity index (χ3n) is 4.66. The number of methoxy groups -OCH3 is 1. The number of amides is 2. The fraction of sp³-hybridized carbons (Fsp3) is 0.286. The van der Waals surface area contributed by atoms with Crippen LogP contribution in [0.3, 0.4) is 0 Å². The van der Waals surface area contributed by atoms with Gasteiger partial charge in [-0.05, 0) is 41.8 Å². The normalized spacial score (nSPS) is 16.7. The van der Waals surface area contributed by atoms with Gasteiger partial charge < -0.3 is 9.64 Å². The summed E-state index contributed by atoms with van der Waals surface area (Å²) in [6.45, 7) is 2.44. The number of ether oxygens (including phenoxy) is 1. The molecule has 0 bridgehead atoms. The van der Waals surface area contributed by atoms with E-state index in [-0.39, 0.29) is 18.2 Å². The third-order valence-corrected chi connectivity index (χ3v) is 4.66. The van der Waals surface area contributed by atoms with Crippen LogP contribution in [0.5, 0.6) is 5.75 Å². The molecule has 1 saturated heterocycles. The van der Waals surface area contributed by atoms with Gasteiger partial charge in [-0.15, -0.1) is 0 Å². The molecule has 0 spiro atoms. The number of aryl methyl sites for hydroxylation is 1. The number of anilines is 1. The minimum atomic E-state index is -0.417. The van der Waals surface area contributed by atoms with Crippen molar-refractivity contribution in [2.75, 3.05) is 18.6 Å². The summed E-state index contributed by atoms with van der Waals surface area (Å²) >= 11 is 0. The highest BCUT2D eigenvalue weighted by Crippen LogP contribution is 2.26. The Kier molecular flexibility index (Phi) is 5.86. The van der Waals surface area contributed by atoms with E-state index in [0.717, 1.165) is 23.4 Å². The van der Waals surface area contributed by atoms with Gasteiger partial charge in [-0.1, -0.05) is 31.2 Å². The molecule has 0 saturated carbocycles. The van der Waals surface area contributed by atoms with Gasteiger partial charge >= 0.3 is 0 Å². The van der Waals surface area contributed by atoms with Gasteiger partial charge in [-0.25, -0.2) is 5.43 Å². The standard InChI is InChI=1S/C21H23N3O3/c1-3-15-4-6-16(7-5-15)13-22-23-21(26)17-12-20(25)24(14-17)18-8-10-19(27-2)11-9-18/h4-11,13,17H,3,12,14H2,1-2H3,(H,23,26)/b22-13-. The zero-order valence-corrected chi connectivity index (χ0v) is 15.5. The van der Waals surface area contributed by atoms with E-state index in [0.29, 0.717) is 6.54 Å². The van der Waals surface area contributed by atoms with Crippen LogP contribution in [0.4, 0.5) is 5.69 Å². The molecule has 2 aromatic rings. The van der Waals surface area contributed by atoms with Gasteiger partial charge in [0.15, 0.2) is 0 Å². The fourth-order valence-corrected chi connectivity index (χ4v) is 3.00. The van der Waals surface area contributed by atoms with Crippen LogP contribution in [-0.2, 0) is 16.0 Å². The van der Waals surface area contributed by atoms with Gasteiger partial charge in [0.25, 0.3) is 0 Å². The molecule has 0 radical (unpaired) electrons. The summed E-state index contributed by atoms with van der Waals surface area (Å²) < 4.78 is 5.13. The summed E-state index contributed by atoms with van der Waals surface area (Å²) in [5.74, 6) is -0.0135. The van der Waals surface area contributed by atoms with Crippen LogP contribution >= 0.6 is 0 Å². The first kappa shape index (κ1) is 18.6. The molecular formula is C21H23N3O3. The molecule has 1 fully saturated rings. The van der Waals surface area contributed by atoms with Gasteiger partial charge in [0.2, 0.25) is 11.8 Å². The van der Waals surface area contributed by atoms with Crippen molar-refractivity contribution in [1.82, 2.24) is 5.43 Å². The molecule has 1 atom stereocenters. The van der Waals surface area contributed by atoms with Gasteiger partial charge in [0, 0.05) is 18.7 Å². The molecule has 27 heavy (non-hydrogen) atoms. The van der Waals surface area contributed by atoms with Crippen molar-refractivity contribution in [3.8, 4) is 5.75 Å².